The Morgan fingerprint density at radius 1 is 1.17 bits per heavy atom. The van der Waals surface area contributed by atoms with Gasteiger partial charge in [0.1, 0.15) is 11.6 Å². The van der Waals surface area contributed by atoms with Crippen LogP contribution in [0.4, 0.5) is 8.78 Å². The van der Waals surface area contributed by atoms with Gasteiger partial charge in [-0.25, -0.2) is 8.78 Å². The number of nitrogens with one attached hydrogen (secondary N) is 1. The highest BCUT2D eigenvalue weighted by Crippen LogP contribution is 2.27. The molecular weight excluding hydrogens is 258 g/mol. The van der Waals surface area contributed by atoms with Crippen molar-refractivity contribution >= 4 is 11.6 Å². The molecule has 0 saturated heterocycles. The highest BCUT2D eigenvalue weighted by molar-refractivity contribution is 6.31. The van der Waals surface area contributed by atoms with Crippen molar-refractivity contribution in [2.45, 2.75) is 6.04 Å². The van der Waals surface area contributed by atoms with E-state index in [1.165, 1.54) is 30.3 Å². The summed E-state index contributed by atoms with van der Waals surface area (Å²) in [5.74, 6) is -0.796. The van der Waals surface area contributed by atoms with E-state index in [-0.39, 0.29) is 11.9 Å². The zero-order valence-corrected chi connectivity index (χ0v) is 10.4. The lowest BCUT2D eigenvalue weighted by molar-refractivity contribution is 0.602. The predicted octanol–water partition coefficient (Wildman–Crippen LogP) is 3.32. The highest BCUT2D eigenvalue weighted by Gasteiger charge is 2.17. The third-order valence-corrected chi connectivity index (χ3v) is 2.95. The van der Waals surface area contributed by atoms with Gasteiger partial charge in [-0.2, -0.15) is 0 Å². The highest BCUT2D eigenvalue weighted by atomic mass is 35.5. The molecule has 1 atom stereocenters. The Labute approximate surface area is 109 Å². The molecule has 0 aliphatic carbocycles. The van der Waals surface area contributed by atoms with E-state index in [9.17, 15) is 8.78 Å². The molecule has 0 aliphatic heterocycles. The fourth-order valence-electron chi connectivity index (χ4n) is 1.76. The van der Waals surface area contributed by atoms with E-state index in [1.807, 2.05) is 0 Å². The van der Waals surface area contributed by atoms with Gasteiger partial charge < -0.3 is 5.32 Å². The SMILES string of the molecule is CNC(c1ccc(F)cn1)c1cc(F)ccc1Cl. The number of halogens is 3. The van der Waals surface area contributed by atoms with Crippen molar-refractivity contribution in [1.29, 1.82) is 0 Å². The molecule has 2 rings (SSSR count). The van der Waals surface area contributed by atoms with Gasteiger partial charge in [0.25, 0.3) is 0 Å². The van der Waals surface area contributed by atoms with Crippen LogP contribution < -0.4 is 5.32 Å². The number of aromatic nitrogens is 1. The maximum atomic E-state index is 13.3. The topological polar surface area (TPSA) is 24.9 Å². The third-order valence-electron chi connectivity index (χ3n) is 2.60. The minimum Gasteiger partial charge on any atom is -0.308 e. The lowest BCUT2D eigenvalue weighted by atomic mass is 10.0. The lowest BCUT2D eigenvalue weighted by Crippen LogP contribution is -2.19. The summed E-state index contributed by atoms with van der Waals surface area (Å²) >= 11 is 6.04. The fraction of sp³-hybridized carbons (Fsp3) is 0.154. The van der Waals surface area contributed by atoms with E-state index in [0.29, 0.717) is 16.3 Å². The summed E-state index contributed by atoms with van der Waals surface area (Å²) in [6.45, 7) is 0. The Morgan fingerprint density at radius 3 is 2.50 bits per heavy atom. The monoisotopic (exact) mass is 268 g/mol. The zero-order valence-electron chi connectivity index (χ0n) is 9.62. The Bertz CT molecular complexity index is 543. The first kappa shape index (κ1) is 12.9. The maximum Gasteiger partial charge on any atom is 0.141 e. The molecule has 0 fully saturated rings. The van der Waals surface area contributed by atoms with Gasteiger partial charge in [-0.1, -0.05) is 11.6 Å². The first-order chi connectivity index (χ1) is 8.61. The molecule has 1 unspecified atom stereocenters. The van der Waals surface area contributed by atoms with Crippen LogP contribution >= 0.6 is 11.6 Å². The standard InChI is InChI=1S/C13H11ClF2N2/c1-17-13(12-5-3-9(16)7-18-12)10-6-8(15)2-4-11(10)14/h2-7,13,17H,1H3. The molecule has 1 aromatic carbocycles. The van der Waals surface area contributed by atoms with Crippen molar-refractivity contribution in [2.75, 3.05) is 7.05 Å². The smallest absolute Gasteiger partial charge is 0.141 e. The van der Waals surface area contributed by atoms with Crippen LogP contribution in [0.3, 0.4) is 0 Å². The van der Waals surface area contributed by atoms with E-state index >= 15 is 0 Å². The fourth-order valence-corrected chi connectivity index (χ4v) is 1.98. The van der Waals surface area contributed by atoms with E-state index in [4.69, 9.17) is 11.6 Å². The summed E-state index contributed by atoms with van der Waals surface area (Å²) in [6.07, 6.45) is 1.12. The Morgan fingerprint density at radius 2 is 1.89 bits per heavy atom. The molecule has 5 heteroatoms. The van der Waals surface area contributed by atoms with Gasteiger partial charge in [0.2, 0.25) is 0 Å². The van der Waals surface area contributed by atoms with Crippen molar-refractivity contribution in [1.82, 2.24) is 10.3 Å². The Kier molecular flexibility index (Phi) is 3.89. The second kappa shape index (κ2) is 5.42. The first-order valence-electron chi connectivity index (χ1n) is 5.35. The summed E-state index contributed by atoms with van der Waals surface area (Å²) in [4.78, 5) is 3.98. The van der Waals surface area contributed by atoms with Crippen molar-refractivity contribution in [2.24, 2.45) is 0 Å². The van der Waals surface area contributed by atoms with Gasteiger partial charge in [0.15, 0.2) is 0 Å². The van der Waals surface area contributed by atoms with Gasteiger partial charge in [-0.3, -0.25) is 4.98 Å². The molecule has 1 heterocycles. The number of rotatable bonds is 3. The molecule has 2 aromatic rings. The molecule has 18 heavy (non-hydrogen) atoms. The van der Waals surface area contributed by atoms with E-state index in [1.54, 1.807) is 7.05 Å². The normalized spacial score (nSPS) is 12.4. The van der Waals surface area contributed by atoms with Crippen LogP contribution in [0.15, 0.2) is 36.5 Å². The van der Waals surface area contributed by atoms with Crippen molar-refractivity contribution < 1.29 is 8.78 Å². The summed E-state index contributed by atoms with van der Waals surface area (Å²) in [5.41, 5.74) is 1.14. The van der Waals surface area contributed by atoms with Gasteiger partial charge in [-0.05, 0) is 42.9 Å². The molecule has 0 radical (unpaired) electrons. The molecule has 1 aromatic heterocycles. The summed E-state index contributed by atoms with van der Waals surface area (Å²) in [7, 11) is 1.71. The minimum absolute atomic E-state index is 0.378. The summed E-state index contributed by atoms with van der Waals surface area (Å²) in [6, 6.07) is 6.58. The van der Waals surface area contributed by atoms with Crippen LogP contribution in [0, 0.1) is 11.6 Å². The van der Waals surface area contributed by atoms with Crippen LogP contribution in [0.2, 0.25) is 5.02 Å². The van der Waals surface area contributed by atoms with Crippen molar-refractivity contribution in [3.8, 4) is 0 Å². The average molecular weight is 269 g/mol. The Balaban J connectivity index is 2.44. The number of pyridine rings is 1. The van der Waals surface area contributed by atoms with Crippen molar-refractivity contribution in [3.63, 3.8) is 0 Å². The van der Waals surface area contributed by atoms with Crippen LogP contribution in [0.25, 0.3) is 0 Å². The van der Waals surface area contributed by atoms with Crippen molar-refractivity contribution in [3.05, 3.63) is 64.4 Å². The van der Waals surface area contributed by atoms with Gasteiger partial charge in [-0.15, -0.1) is 0 Å². The summed E-state index contributed by atoms with van der Waals surface area (Å²) < 4.78 is 26.1. The lowest BCUT2D eigenvalue weighted by Gasteiger charge is -2.17. The molecule has 0 bridgehead atoms. The molecular formula is C13H11ClF2N2. The second-order valence-electron chi connectivity index (χ2n) is 3.79. The van der Waals surface area contributed by atoms with Gasteiger partial charge >= 0.3 is 0 Å². The third kappa shape index (κ3) is 2.66. The number of benzene rings is 1. The molecule has 0 spiro atoms. The molecule has 2 nitrogen and oxygen atoms in total. The predicted molar refractivity (Wildman–Crippen MR) is 66.5 cm³/mol. The summed E-state index contributed by atoms with van der Waals surface area (Å²) in [5, 5.41) is 3.42. The van der Waals surface area contributed by atoms with Crippen LogP contribution in [-0.4, -0.2) is 12.0 Å². The van der Waals surface area contributed by atoms with Crippen LogP contribution in [0.5, 0.6) is 0 Å². The molecule has 1 N–H and O–H groups in total. The molecule has 94 valence electrons. The number of hydrogen-bond acceptors (Lipinski definition) is 2. The zero-order chi connectivity index (χ0) is 13.1. The van der Waals surface area contributed by atoms with E-state index in [0.717, 1.165) is 6.20 Å². The maximum absolute atomic E-state index is 13.3. The average Bonchev–Trinajstić information content (AvgIpc) is 2.37. The minimum atomic E-state index is -0.418. The molecule has 0 amide bonds. The number of nitrogens with zero attached hydrogens (tertiary/aromatic N) is 1. The molecule has 0 aliphatic rings. The van der Waals surface area contributed by atoms with E-state index < -0.39 is 5.82 Å². The van der Waals surface area contributed by atoms with Crippen LogP contribution in [0.1, 0.15) is 17.3 Å². The first-order valence-corrected chi connectivity index (χ1v) is 5.73. The quantitative estimate of drug-likeness (QED) is 0.924. The van der Waals surface area contributed by atoms with Gasteiger partial charge in [0, 0.05) is 5.02 Å². The Hall–Kier alpha value is -1.52. The van der Waals surface area contributed by atoms with Gasteiger partial charge in [0.05, 0.1) is 17.9 Å². The molecule has 0 saturated carbocycles. The second-order valence-corrected chi connectivity index (χ2v) is 4.20. The largest absolute Gasteiger partial charge is 0.308 e. The van der Waals surface area contributed by atoms with Crippen LogP contribution in [-0.2, 0) is 0 Å². The van der Waals surface area contributed by atoms with E-state index in [2.05, 4.69) is 10.3 Å². The number of hydrogen-bond donors (Lipinski definition) is 1.